The molecule has 0 fully saturated rings. The minimum atomic E-state index is 0. The molecule has 0 saturated heterocycles. The fourth-order valence-electron chi connectivity index (χ4n) is 0. The Kier molecular flexibility index (Phi) is 125. The molecule has 6 heteroatoms. The van der Waals surface area contributed by atoms with Crippen molar-refractivity contribution in [2.75, 3.05) is 10.7 Å². The SMILES string of the molecule is ClCCl.ClCCl.[F-].[F-]. The van der Waals surface area contributed by atoms with E-state index in [4.69, 9.17) is 46.4 Å². The number of hydrogen-bond donors (Lipinski definition) is 0. The summed E-state index contributed by atoms with van der Waals surface area (Å²) < 4.78 is 0. The van der Waals surface area contributed by atoms with Crippen LogP contribution in [0.15, 0.2) is 0 Å². The summed E-state index contributed by atoms with van der Waals surface area (Å²) in [7, 11) is 0. The second-order valence-corrected chi connectivity index (χ2v) is 1.82. The van der Waals surface area contributed by atoms with E-state index in [0.29, 0.717) is 0 Å². The fraction of sp³-hybridized carbons (Fsp3) is 1.00. The maximum atomic E-state index is 4.76. The average molecular weight is 208 g/mol. The van der Waals surface area contributed by atoms with Gasteiger partial charge >= 0.3 is 0 Å². The van der Waals surface area contributed by atoms with Gasteiger partial charge in [0.2, 0.25) is 0 Å². The van der Waals surface area contributed by atoms with Crippen LogP contribution in [0.25, 0.3) is 0 Å². The van der Waals surface area contributed by atoms with Crippen molar-refractivity contribution in [3.05, 3.63) is 0 Å². The van der Waals surface area contributed by atoms with E-state index in [2.05, 4.69) is 0 Å². The van der Waals surface area contributed by atoms with Crippen molar-refractivity contribution in [2.45, 2.75) is 0 Å². The number of alkyl halides is 4. The molecule has 0 aliphatic rings. The third-order valence-electron chi connectivity index (χ3n) is 0. The summed E-state index contributed by atoms with van der Waals surface area (Å²) in [5, 5.41) is 0.389. The lowest BCUT2D eigenvalue weighted by Gasteiger charge is -1.42. The highest BCUT2D eigenvalue weighted by Crippen LogP contribution is 1.73. The first-order valence-electron chi connectivity index (χ1n) is 1.07. The van der Waals surface area contributed by atoms with E-state index in [1.54, 1.807) is 0 Å². The van der Waals surface area contributed by atoms with Crippen molar-refractivity contribution < 1.29 is 9.41 Å². The molecule has 8 heavy (non-hydrogen) atoms. The molecule has 0 aromatic rings. The second kappa shape index (κ2) is 43.3. The largest absolute Gasteiger partial charge is 1.00 e. The molecule has 0 nitrogen and oxygen atoms in total. The highest BCUT2D eigenvalue weighted by Gasteiger charge is 1.42. The number of hydrogen-bond acceptors (Lipinski definition) is 0. The van der Waals surface area contributed by atoms with Crippen molar-refractivity contribution in [2.24, 2.45) is 0 Å². The Morgan fingerprint density at radius 1 is 0.625 bits per heavy atom. The number of halogens is 6. The third kappa shape index (κ3) is 245. The van der Waals surface area contributed by atoms with Gasteiger partial charge < -0.3 is 9.41 Å². The molecule has 0 atom stereocenters. The summed E-state index contributed by atoms with van der Waals surface area (Å²) in [4.78, 5) is 0. The standard InChI is InChI=1S/2CH2Cl2.2FH/c2*2-1-3;;/h2*1H2;2*1H/p-2. The molecule has 0 aliphatic heterocycles. The third-order valence-corrected chi connectivity index (χ3v) is 0. The van der Waals surface area contributed by atoms with Crippen molar-refractivity contribution in [3.8, 4) is 0 Å². The summed E-state index contributed by atoms with van der Waals surface area (Å²) in [5.41, 5.74) is 0. The maximum absolute atomic E-state index is 4.76. The second-order valence-electron chi connectivity index (χ2n) is 0.202. The molecule has 0 amide bonds. The highest BCUT2D eigenvalue weighted by molar-refractivity contribution is 6.40. The quantitative estimate of drug-likeness (QED) is 0.369. The van der Waals surface area contributed by atoms with Crippen LogP contribution in [0.2, 0.25) is 0 Å². The molecular formula is C2H4Cl4F2-2. The van der Waals surface area contributed by atoms with E-state index >= 15 is 0 Å². The Morgan fingerprint density at radius 2 is 0.625 bits per heavy atom. The van der Waals surface area contributed by atoms with Gasteiger partial charge in [0, 0.05) is 0 Å². The molecule has 0 rings (SSSR count). The minimum Gasteiger partial charge on any atom is -1.00 e. The first kappa shape index (κ1) is 23.0. The lowest BCUT2D eigenvalue weighted by molar-refractivity contribution is -0.001000. The van der Waals surface area contributed by atoms with Crippen molar-refractivity contribution in [1.82, 2.24) is 0 Å². The summed E-state index contributed by atoms with van der Waals surface area (Å²) in [6, 6.07) is 0. The smallest absolute Gasteiger partial charge is 0.0967 e. The van der Waals surface area contributed by atoms with Gasteiger partial charge in [-0.1, -0.05) is 0 Å². The summed E-state index contributed by atoms with van der Waals surface area (Å²) in [6.45, 7) is 0. The Balaban J connectivity index is -0.0000000160. The van der Waals surface area contributed by atoms with E-state index in [1.807, 2.05) is 0 Å². The predicted octanol–water partition coefficient (Wildman–Crippen LogP) is -3.15. The highest BCUT2D eigenvalue weighted by atomic mass is 35.5. The molecule has 0 bridgehead atoms. The van der Waals surface area contributed by atoms with Crippen LogP contribution in [0.3, 0.4) is 0 Å². The van der Waals surface area contributed by atoms with Crippen LogP contribution in [0, 0.1) is 0 Å². The Labute approximate surface area is 66.8 Å². The average Bonchev–Trinajstić information content (AvgIpc) is 1.39. The van der Waals surface area contributed by atoms with Gasteiger partial charge in [-0.2, -0.15) is 0 Å². The van der Waals surface area contributed by atoms with Gasteiger partial charge in [-0.25, -0.2) is 0 Å². The zero-order valence-electron chi connectivity index (χ0n) is 3.68. The van der Waals surface area contributed by atoms with Crippen LogP contribution >= 0.6 is 46.4 Å². The lowest BCUT2D eigenvalue weighted by Crippen LogP contribution is -3.00. The van der Waals surface area contributed by atoms with Gasteiger partial charge in [0.15, 0.2) is 0 Å². The molecule has 0 aliphatic carbocycles. The zero-order valence-corrected chi connectivity index (χ0v) is 6.71. The van der Waals surface area contributed by atoms with Crippen LogP contribution in [0.4, 0.5) is 0 Å². The monoisotopic (exact) mass is 206 g/mol. The first-order chi connectivity index (χ1) is 2.83. The molecule has 0 radical (unpaired) electrons. The minimum absolute atomic E-state index is 0. The maximum Gasteiger partial charge on any atom is 0.0967 e. The van der Waals surface area contributed by atoms with E-state index in [1.165, 1.54) is 0 Å². The Bertz CT molecular complexity index is 14.0. The topological polar surface area (TPSA) is 0 Å². The predicted molar refractivity (Wildman–Crippen MR) is 33.1 cm³/mol. The molecule has 0 spiro atoms. The first-order valence-corrected chi connectivity index (χ1v) is 3.21. The molecule has 0 aromatic heterocycles. The molecule has 0 unspecified atom stereocenters. The van der Waals surface area contributed by atoms with Gasteiger partial charge in [-0.05, 0) is 0 Å². The summed E-state index contributed by atoms with van der Waals surface area (Å²) >= 11 is 19.1. The molecule has 0 heterocycles. The summed E-state index contributed by atoms with van der Waals surface area (Å²) in [6.07, 6.45) is 0. The van der Waals surface area contributed by atoms with Gasteiger partial charge in [-0.3, -0.25) is 0 Å². The normalized spacial score (nSPS) is 4.50. The Morgan fingerprint density at radius 3 is 0.625 bits per heavy atom. The summed E-state index contributed by atoms with van der Waals surface area (Å²) in [5.74, 6) is 0. The lowest BCUT2D eigenvalue weighted by atomic mass is 11.9. The molecule has 56 valence electrons. The van der Waals surface area contributed by atoms with Crippen LogP contribution in [-0.2, 0) is 0 Å². The molecule has 0 saturated carbocycles. The van der Waals surface area contributed by atoms with E-state index in [-0.39, 0.29) is 20.1 Å². The van der Waals surface area contributed by atoms with E-state index in [0.717, 1.165) is 0 Å². The van der Waals surface area contributed by atoms with Crippen LogP contribution in [0.5, 0.6) is 0 Å². The van der Waals surface area contributed by atoms with Gasteiger partial charge in [0.05, 0.1) is 10.7 Å². The molecular weight excluding hydrogens is 204 g/mol. The Hall–Kier alpha value is 1.02. The number of rotatable bonds is 0. The van der Waals surface area contributed by atoms with Crippen LogP contribution in [0.1, 0.15) is 0 Å². The van der Waals surface area contributed by atoms with Crippen molar-refractivity contribution in [1.29, 1.82) is 0 Å². The molecule has 0 aromatic carbocycles. The van der Waals surface area contributed by atoms with Crippen molar-refractivity contribution in [3.63, 3.8) is 0 Å². The van der Waals surface area contributed by atoms with Crippen LogP contribution < -0.4 is 9.41 Å². The van der Waals surface area contributed by atoms with Gasteiger partial charge in [0.25, 0.3) is 0 Å². The van der Waals surface area contributed by atoms with Gasteiger partial charge in [0.1, 0.15) is 0 Å². The van der Waals surface area contributed by atoms with Crippen LogP contribution in [-0.4, -0.2) is 10.7 Å². The van der Waals surface area contributed by atoms with E-state index in [9.17, 15) is 0 Å². The van der Waals surface area contributed by atoms with Gasteiger partial charge in [-0.15, -0.1) is 46.4 Å². The molecule has 0 N–H and O–H groups in total. The van der Waals surface area contributed by atoms with Crippen molar-refractivity contribution >= 4 is 46.4 Å². The zero-order chi connectivity index (χ0) is 5.41. The van der Waals surface area contributed by atoms with E-state index < -0.39 is 0 Å². The fourth-order valence-corrected chi connectivity index (χ4v) is 0.